The first-order chi connectivity index (χ1) is 17.1. The lowest BCUT2D eigenvalue weighted by molar-refractivity contribution is -0.138. The van der Waals surface area contributed by atoms with E-state index in [0.29, 0.717) is 20.6 Å². The number of nitrogens with zero attached hydrogens (tertiary/aromatic N) is 2. The first-order valence-corrected chi connectivity index (χ1v) is 12.3. The standard InChI is InChI=1S/C29H24N2O3S/c1-3-34-28(33)24-25(21-10-6-4-7-11-21)30-29-31(26(24)22-12-8-5-9-13-22)27(32)23(35-29)18-20-16-14-19(2)15-17-20/h4-18,26H,3H2,1-2H3/b23-18-. The number of aryl methyl sites for hydroxylation is 1. The normalized spacial score (nSPS) is 15.5. The summed E-state index contributed by atoms with van der Waals surface area (Å²) in [5.41, 5.74) is 4.41. The molecule has 1 aliphatic heterocycles. The highest BCUT2D eigenvalue weighted by Gasteiger charge is 2.35. The minimum absolute atomic E-state index is 0.183. The molecular weight excluding hydrogens is 456 g/mol. The number of ether oxygens (including phenoxy) is 1. The molecule has 0 N–H and O–H groups in total. The summed E-state index contributed by atoms with van der Waals surface area (Å²) in [5.74, 6) is -0.475. The van der Waals surface area contributed by atoms with E-state index in [2.05, 4.69) is 0 Å². The number of carbonyl (C=O) groups is 1. The first-order valence-electron chi connectivity index (χ1n) is 11.5. The second kappa shape index (κ2) is 9.68. The molecule has 0 saturated carbocycles. The van der Waals surface area contributed by atoms with Crippen LogP contribution in [0.1, 0.15) is 35.2 Å². The van der Waals surface area contributed by atoms with E-state index in [1.807, 2.05) is 97.9 Å². The highest BCUT2D eigenvalue weighted by atomic mass is 32.1. The summed E-state index contributed by atoms with van der Waals surface area (Å²) < 4.78 is 7.66. The number of hydrogen-bond acceptors (Lipinski definition) is 5. The van der Waals surface area contributed by atoms with E-state index in [1.54, 1.807) is 11.5 Å². The molecule has 4 aromatic rings. The zero-order valence-electron chi connectivity index (χ0n) is 19.5. The van der Waals surface area contributed by atoms with Gasteiger partial charge >= 0.3 is 5.97 Å². The highest BCUT2D eigenvalue weighted by molar-refractivity contribution is 7.07. The maximum atomic E-state index is 13.7. The van der Waals surface area contributed by atoms with Gasteiger partial charge in [0.05, 0.1) is 28.5 Å². The van der Waals surface area contributed by atoms with Gasteiger partial charge in [-0.15, -0.1) is 0 Å². The smallest absolute Gasteiger partial charge is 0.338 e. The van der Waals surface area contributed by atoms with Crippen molar-refractivity contribution in [3.8, 4) is 0 Å². The van der Waals surface area contributed by atoms with Crippen molar-refractivity contribution in [2.45, 2.75) is 19.9 Å². The van der Waals surface area contributed by atoms with Crippen LogP contribution in [0.25, 0.3) is 11.8 Å². The van der Waals surface area contributed by atoms with Crippen molar-refractivity contribution in [2.75, 3.05) is 6.61 Å². The average Bonchev–Trinajstić information content (AvgIpc) is 3.20. The third kappa shape index (κ3) is 4.40. The summed E-state index contributed by atoms with van der Waals surface area (Å²) in [6.07, 6.45) is 1.88. The molecule has 2 heterocycles. The molecule has 1 aliphatic rings. The lowest BCUT2D eigenvalue weighted by atomic mass is 9.93. The summed E-state index contributed by atoms with van der Waals surface area (Å²) in [6.45, 7) is 4.03. The molecule has 3 aromatic carbocycles. The fourth-order valence-corrected chi connectivity index (χ4v) is 5.21. The van der Waals surface area contributed by atoms with Gasteiger partial charge < -0.3 is 4.74 Å². The van der Waals surface area contributed by atoms with E-state index in [4.69, 9.17) is 9.73 Å². The van der Waals surface area contributed by atoms with Gasteiger partial charge in [0.1, 0.15) is 0 Å². The summed E-state index contributed by atoms with van der Waals surface area (Å²) in [7, 11) is 0. The van der Waals surface area contributed by atoms with Gasteiger partial charge in [-0.3, -0.25) is 9.36 Å². The van der Waals surface area contributed by atoms with Crippen molar-refractivity contribution in [3.63, 3.8) is 0 Å². The molecule has 0 saturated heterocycles. The van der Waals surface area contributed by atoms with Gasteiger partial charge in [0.15, 0.2) is 4.80 Å². The van der Waals surface area contributed by atoms with Crippen molar-refractivity contribution < 1.29 is 9.53 Å². The maximum Gasteiger partial charge on any atom is 0.338 e. The molecule has 0 bridgehead atoms. The minimum atomic E-state index is -0.651. The van der Waals surface area contributed by atoms with Crippen molar-refractivity contribution >= 4 is 29.1 Å². The minimum Gasteiger partial charge on any atom is -0.463 e. The molecule has 5 rings (SSSR count). The Bertz CT molecular complexity index is 1580. The van der Waals surface area contributed by atoms with E-state index in [0.717, 1.165) is 22.3 Å². The molecule has 35 heavy (non-hydrogen) atoms. The number of esters is 1. The van der Waals surface area contributed by atoms with Gasteiger partial charge in [-0.1, -0.05) is 102 Å². The topological polar surface area (TPSA) is 60.7 Å². The van der Waals surface area contributed by atoms with Crippen molar-refractivity contribution in [2.24, 2.45) is 4.99 Å². The highest BCUT2D eigenvalue weighted by Crippen LogP contribution is 2.34. The van der Waals surface area contributed by atoms with Crippen LogP contribution in [0.3, 0.4) is 0 Å². The van der Waals surface area contributed by atoms with Crippen LogP contribution < -0.4 is 14.9 Å². The first kappa shape index (κ1) is 22.7. The van der Waals surface area contributed by atoms with Gasteiger partial charge in [0.25, 0.3) is 5.56 Å². The third-order valence-electron chi connectivity index (χ3n) is 5.86. The fraction of sp³-hybridized carbons (Fsp3) is 0.138. The lowest BCUT2D eigenvalue weighted by Gasteiger charge is -2.25. The molecule has 0 amide bonds. The molecule has 1 atom stereocenters. The SMILES string of the molecule is CCOC(=O)C1=C(c2ccccc2)N=c2s/c(=C\c3ccc(C)cc3)c(=O)n2C1c1ccccc1. The Hall–Kier alpha value is -4.03. The van der Waals surface area contributed by atoms with Crippen molar-refractivity contribution in [1.29, 1.82) is 0 Å². The van der Waals surface area contributed by atoms with E-state index >= 15 is 0 Å². The number of carbonyl (C=O) groups excluding carboxylic acids is 1. The van der Waals surface area contributed by atoms with Crippen LogP contribution >= 0.6 is 11.3 Å². The predicted octanol–water partition coefficient (Wildman–Crippen LogP) is 4.24. The molecular formula is C29H24N2O3S. The summed E-state index contributed by atoms with van der Waals surface area (Å²) in [4.78, 5) is 32.5. The maximum absolute atomic E-state index is 13.7. The Labute approximate surface area is 207 Å². The number of aromatic nitrogens is 1. The Morgan fingerprint density at radius 3 is 2.31 bits per heavy atom. The van der Waals surface area contributed by atoms with Crippen LogP contribution in [0.5, 0.6) is 0 Å². The van der Waals surface area contributed by atoms with Crippen molar-refractivity contribution in [3.05, 3.63) is 132 Å². The van der Waals surface area contributed by atoms with Crippen LogP contribution in [0.15, 0.2) is 100 Å². The Balaban J connectivity index is 1.82. The number of thiazole rings is 1. The van der Waals surface area contributed by atoms with E-state index in [1.165, 1.54) is 11.3 Å². The fourth-order valence-electron chi connectivity index (χ4n) is 4.21. The van der Waals surface area contributed by atoms with Crippen LogP contribution in [0.2, 0.25) is 0 Å². The van der Waals surface area contributed by atoms with E-state index in [9.17, 15) is 9.59 Å². The molecule has 1 unspecified atom stereocenters. The van der Waals surface area contributed by atoms with Gasteiger partial charge in [0.2, 0.25) is 0 Å². The lowest BCUT2D eigenvalue weighted by Crippen LogP contribution is -2.39. The summed E-state index contributed by atoms with van der Waals surface area (Å²) >= 11 is 1.33. The second-order valence-electron chi connectivity index (χ2n) is 8.25. The van der Waals surface area contributed by atoms with Gasteiger partial charge in [-0.25, -0.2) is 9.79 Å². The molecule has 1 aromatic heterocycles. The monoisotopic (exact) mass is 480 g/mol. The van der Waals surface area contributed by atoms with Gasteiger partial charge in [-0.05, 0) is 31.1 Å². The molecule has 5 nitrogen and oxygen atoms in total. The van der Waals surface area contributed by atoms with Gasteiger partial charge in [0, 0.05) is 5.56 Å². The molecule has 6 heteroatoms. The third-order valence-corrected chi connectivity index (χ3v) is 6.85. The van der Waals surface area contributed by atoms with Crippen LogP contribution in [-0.2, 0) is 9.53 Å². The predicted molar refractivity (Wildman–Crippen MR) is 139 cm³/mol. The average molecular weight is 481 g/mol. The number of benzene rings is 3. The molecule has 0 radical (unpaired) electrons. The zero-order valence-corrected chi connectivity index (χ0v) is 20.3. The van der Waals surface area contributed by atoms with E-state index < -0.39 is 12.0 Å². The largest absolute Gasteiger partial charge is 0.463 e. The quantitative estimate of drug-likeness (QED) is 0.402. The Morgan fingerprint density at radius 2 is 1.66 bits per heavy atom. The molecule has 0 fully saturated rings. The summed E-state index contributed by atoms with van der Waals surface area (Å²) in [6, 6.07) is 26.5. The number of rotatable bonds is 5. The number of fused-ring (bicyclic) bond motifs is 1. The molecule has 0 spiro atoms. The van der Waals surface area contributed by atoms with Crippen LogP contribution in [0.4, 0.5) is 0 Å². The van der Waals surface area contributed by atoms with Crippen molar-refractivity contribution in [1.82, 2.24) is 4.57 Å². The molecule has 174 valence electrons. The van der Waals surface area contributed by atoms with E-state index in [-0.39, 0.29) is 12.2 Å². The Kier molecular flexibility index (Phi) is 6.29. The van der Waals surface area contributed by atoms with Gasteiger partial charge in [-0.2, -0.15) is 0 Å². The molecule has 0 aliphatic carbocycles. The van der Waals surface area contributed by atoms with Crippen LogP contribution in [-0.4, -0.2) is 17.1 Å². The second-order valence-corrected chi connectivity index (χ2v) is 9.26. The Morgan fingerprint density at radius 1 is 1.00 bits per heavy atom. The van der Waals surface area contributed by atoms with Crippen LogP contribution in [0, 0.1) is 6.92 Å². The zero-order chi connectivity index (χ0) is 24.4. The number of hydrogen-bond donors (Lipinski definition) is 0. The summed E-state index contributed by atoms with van der Waals surface area (Å²) in [5, 5.41) is 0.